The average Bonchev–Trinajstić information content (AvgIpc) is 2.73. The van der Waals surface area contributed by atoms with E-state index in [0.29, 0.717) is 20.3 Å². The standard InChI is InChI=1S/C9H6BrClO2S/c10-7-2-1-6(13-7)8(12)9-5(11)3-4-14-9/h1-4,8,12H. The fraction of sp³-hybridized carbons (Fsp3) is 0.111. The fourth-order valence-corrected chi connectivity index (χ4v) is 2.58. The van der Waals surface area contributed by atoms with Crippen LogP contribution >= 0.6 is 38.9 Å². The molecular weight excluding hydrogens is 288 g/mol. The normalized spacial score (nSPS) is 13.1. The number of halogens is 2. The Kier molecular flexibility index (Phi) is 2.97. The van der Waals surface area contributed by atoms with Crippen LogP contribution in [-0.4, -0.2) is 5.11 Å². The quantitative estimate of drug-likeness (QED) is 0.912. The predicted octanol–water partition coefficient (Wildman–Crippen LogP) is 3.84. The van der Waals surface area contributed by atoms with Crippen LogP contribution in [0.15, 0.2) is 32.7 Å². The topological polar surface area (TPSA) is 33.4 Å². The lowest BCUT2D eigenvalue weighted by atomic mass is 10.2. The molecule has 0 aliphatic rings. The van der Waals surface area contributed by atoms with E-state index in [-0.39, 0.29) is 0 Å². The molecule has 0 aliphatic heterocycles. The highest BCUT2D eigenvalue weighted by Gasteiger charge is 2.18. The minimum Gasteiger partial charge on any atom is -0.451 e. The Morgan fingerprint density at radius 1 is 1.43 bits per heavy atom. The summed E-state index contributed by atoms with van der Waals surface area (Å²) in [5.74, 6) is 0.487. The molecule has 1 atom stereocenters. The second-order valence-electron chi connectivity index (χ2n) is 2.68. The van der Waals surface area contributed by atoms with E-state index >= 15 is 0 Å². The van der Waals surface area contributed by atoms with Gasteiger partial charge in [0.15, 0.2) is 4.67 Å². The van der Waals surface area contributed by atoms with Gasteiger partial charge >= 0.3 is 0 Å². The zero-order valence-electron chi connectivity index (χ0n) is 6.91. The molecule has 0 saturated carbocycles. The van der Waals surface area contributed by atoms with E-state index in [9.17, 15) is 5.11 Å². The molecule has 0 saturated heterocycles. The van der Waals surface area contributed by atoms with Gasteiger partial charge in [-0.05, 0) is 39.5 Å². The average molecular weight is 294 g/mol. The molecule has 2 aromatic heterocycles. The Labute approximate surface area is 98.3 Å². The molecule has 1 unspecified atom stereocenters. The van der Waals surface area contributed by atoms with Gasteiger partial charge in [-0.15, -0.1) is 11.3 Å². The SMILES string of the molecule is OC(c1ccc(Br)o1)c1sccc1Cl. The van der Waals surface area contributed by atoms with Crippen molar-refractivity contribution in [2.75, 3.05) is 0 Å². The lowest BCUT2D eigenvalue weighted by Gasteiger charge is -2.04. The number of hydrogen-bond donors (Lipinski definition) is 1. The van der Waals surface area contributed by atoms with Gasteiger partial charge in [-0.25, -0.2) is 0 Å². The number of furan rings is 1. The third kappa shape index (κ3) is 1.88. The van der Waals surface area contributed by atoms with Gasteiger partial charge in [0.25, 0.3) is 0 Å². The van der Waals surface area contributed by atoms with Gasteiger partial charge in [-0.1, -0.05) is 11.6 Å². The van der Waals surface area contributed by atoms with Crippen molar-refractivity contribution in [2.24, 2.45) is 0 Å². The van der Waals surface area contributed by atoms with Gasteiger partial charge in [0.2, 0.25) is 0 Å². The summed E-state index contributed by atoms with van der Waals surface area (Å²) in [5.41, 5.74) is 0. The molecular formula is C9H6BrClO2S. The van der Waals surface area contributed by atoms with Crippen LogP contribution in [0.4, 0.5) is 0 Å². The number of aliphatic hydroxyl groups is 1. The molecule has 2 heterocycles. The summed E-state index contributed by atoms with van der Waals surface area (Å²) in [6.45, 7) is 0. The van der Waals surface area contributed by atoms with Crippen molar-refractivity contribution >= 4 is 38.9 Å². The molecule has 14 heavy (non-hydrogen) atoms. The molecule has 0 amide bonds. The van der Waals surface area contributed by atoms with Crippen molar-refractivity contribution in [1.29, 1.82) is 0 Å². The third-order valence-electron chi connectivity index (χ3n) is 1.76. The summed E-state index contributed by atoms with van der Waals surface area (Å²) in [6.07, 6.45) is -0.784. The molecule has 74 valence electrons. The van der Waals surface area contributed by atoms with Crippen LogP contribution in [0.5, 0.6) is 0 Å². The zero-order chi connectivity index (χ0) is 10.1. The van der Waals surface area contributed by atoms with E-state index in [1.165, 1.54) is 11.3 Å². The molecule has 5 heteroatoms. The Morgan fingerprint density at radius 2 is 2.21 bits per heavy atom. The summed E-state index contributed by atoms with van der Waals surface area (Å²) in [7, 11) is 0. The molecule has 0 aliphatic carbocycles. The molecule has 0 fully saturated rings. The fourth-order valence-electron chi connectivity index (χ4n) is 1.10. The van der Waals surface area contributed by atoms with E-state index < -0.39 is 6.10 Å². The van der Waals surface area contributed by atoms with E-state index in [4.69, 9.17) is 16.0 Å². The monoisotopic (exact) mass is 292 g/mol. The van der Waals surface area contributed by atoms with E-state index in [1.807, 2.05) is 5.38 Å². The van der Waals surface area contributed by atoms with Crippen molar-refractivity contribution in [2.45, 2.75) is 6.10 Å². The minimum absolute atomic E-state index is 0.487. The summed E-state index contributed by atoms with van der Waals surface area (Å²) < 4.78 is 5.84. The second-order valence-corrected chi connectivity index (χ2v) is 4.81. The van der Waals surface area contributed by atoms with Crippen molar-refractivity contribution in [3.05, 3.63) is 43.9 Å². The first-order valence-electron chi connectivity index (χ1n) is 3.84. The number of hydrogen-bond acceptors (Lipinski definition) is 3. The Bertz CT molecular complexity index is 437. The summed E-state index contributed by atoms with van der Waals surface area (Å²) in [5, 5.41) is 12.3. The van der Waals surface area contributed by atoms with Gasteiger partial charge in [0.1, 0.15) is 11.9 Å². The first kappa shape index (κ1) is 10.2. The van der Waals surface area contributed by atoms with Crippen molar-refractivity contribution in [3.8, 4) is 0 Å². The van der Waals surface area contributed by atoms with E-state index in [1.54, 1.807) is 18.2 Å². The van der Waals surface area contributed by atoms with Crippen molar-refractivity contribution in [3.63, 3.8) is 0 Å². The third-order valence-corrected chi connectivity index (χ3v) is 3.59. The Morgan fingerprint density at radius 3 is 2.71 bits per heavy atom. The summed E-state index contributed by atoms with van der Waals surface area (Å²) in [4.78, 5) is 0.702. The first-order chi connectivity index (χ1) is 6.68. The molecule has 0 spiro atoms. The van der Waals surface area contributed by atoms with Crippen molar-refractivity contribution < 1.29 is 9.52 Å². The van der Waals surface area contributed by atoms with Crippen LogP contribution in [0.1, 0.15) is 16.7 Å². The molecule has 2 rings (SSSR count). The number of thiophene rings is 1. The number of aliphatic hydroxyl groups excluding tert-OH is 1. The molecule has 2 nitrogen and oxygen atoms in total. The van der Waals surface area contributed by atoms with E-state index in [2.05, 4.69) is 15.9 Å². The van der Waals surface area contributed by atoms with E-state index in [0.717, 1.165) is 0 Å². The smallest absolute Gasteiger partial charge is 0.169 e. The van der Waals surface area contributed by atoms with Crippen molar-refractivity contribution in [1.82, 2.24) is 0 Å². The minimum atomic E-state index is -0.784. The zero-order valence-corrected chi connectivity index (χ0v) is 10.1. The highest BCUT2D eigenvalue weighted by Crippen LogP contribution is 2.34. The highest BCUT2D eigenvalue weighted by atomic mass is 79.9. The molecule has 0 aromatic carbocycles. The maximum Gasteiger partial charge on any atom is 0.169 e. The van der Waals surface area contributed by atoms with Gasteiger partial charge in [-0.2, -0.15) is 0 Å². The van der Waals surface area contributed by atoms with Gasteiger partial charge in [0.05, 0.1) is 9.90 Å². The lowest BCUT2D eigenvalue weighted by Crippen LogP contribution is -1.94. The molecule has 1 N–H and O–H groups in total. The summed E-state index contributed by atoms with van der Waals surface area (Å²) >= 11 is 10.5. The number of rotatable bonds is 2. The Balaban J connectivity index is 2.33. The largest absolute Gasteiger partial charge is 0.451 e. The Hall–Kier alpha value is -0.290. The summed E-state index contributed by atoms with van der Waals surface area (Å²) in [6, 6.07) is 5.20. The molecule has 2 aromatic rings. The molecule has 0 bridgehead atoms. The lowest BCUT2D eigenvalue weighted by molar-refractivity contribution is 0.191. The van der Waals surface area contributed by atoms with Crippen LogP contribution in [0, 0.1) is 0 Å². The maximum atomic E-state index is 9.89. The van der Waals surface area contributed by atoms with Crippen LogP contribution in [-0.2, 0) is 0 Å². The highest BCUT2D eigenvalue weighted by molar-refractivity contribution is 9.10. The molecule has 0 radical (unpaired) electrons. The first-order valence-corrected chi connectivity index (χ1v) is 5.89. The van der Waals surface area contributed by atoms with Gasteiger partial charge < -0.3 is 9.52 Å². The van der Waals surface area contributed by atoms with Gasteiger partial charge in [-0.3, -0.25) is 0 Å². The van der Waals surface area contributed by atoms with Crippen LogP contribution in [0.25, 0.3) is 0 Å². The van der Waals surface area contributed by atoms with Crippen LogP contribution < -0.4 is 0 Å². The van der Waals surface area contributed by atoms with Crippen LogP contribution in [0.2, 0.25) is 5.02 Å². The second kappa shape index (κ2) is 4.06. The predicted molar refractivity (Wildman–Crippen MR) is 59.8 cm³/mol. The van der Waals surface area contributed by atoms with Crippen LogP contribution in [0.3, 0.4) is 0 Å². The van der Waals surface area contributed by atoms with Gasteiger partial charge in [0, 0.05) is 0 Å². The maximum absolute atomic E-state index is 9.89.